The van der Waals surface area contributed by atoms with Crippen molar-refractivity contribution >= 4 is 38.9 Å². The second kappa shape index (κ2) is 6.05. The molecule has 0 spiro atoms. The summed E-state index contributed by atoms with van der Waals surface area (Å²) in [5.74, 6) is 1.01. The molecule has 2 rings (SSSR count). The third-order valence-corrected chi connectivity index (χ3v) is 4.88. The molecule has 0 aromatic carbocycles. The fourth-order valence-electron chi connectivity index (χ4n) is 1.56. The van der Waals surface area contributed by atoms with E-state index in [2.05, 4.69) is 34.2 Å². The summed E-state index contributed by atoms with van der Waals surface area (Å²) in [6.45, 7) is 2.98. The van der Waals surface area contributed by atoms with Crippen LogP contribution in [-0.4, -0.2) is 6.04 Å². The molecule has 0 aliphatic carbocycles. The molecule has 92 valence electrons. The molecule has 0 bridgehead atoms. The molecule has 5 heteroatoms. The summed E-state index contributed by atoms with van der Waals surface area (Å²) in [5, 5.41) is 3.45. The van der Waals surface area contributed by atoms with Gasteiger partial charge in [-0.2, -0.15) is 0 Å². The van der Waals surface area contributed by atoms with Gasteiger partial charge in [0.25, 0.3) is 0 Å². The number of hydrogen-bond donors (Lipinski definition) is 1. The lowest BCUT2D eigenvalue weighted by molar-refractivity contribution is 0.457. The van der Waals surface area contributed by atoms with Gasteiger partial charge in [0.15, 0.2) is 0 Å². The molecule has 2 aromatic heterocycles. The van der Waals surface area contributed by atoms with Crippen LogP contribution in [-0.2, 0) is 13.0 Å². The van der Waals surface area contributed by atoms with Crippen molar-refractivity contribution in [1.29, 1.82) is 0 Å². The normalized spacial score (nSPS) is 12.9. The van der Waals surface area contributed by atoms with Crippen LogP contribution in [0.3, 0.4) is 0 Å². The number of thiophene rings is 1. The molecule has 1 atom stereocenters. The van der Waals surface area contributed by atoms with Crippen LogP contribution in [0, 0.1) is 0 Å². The summed E-state index contributed by atoms with van der Waals surface area (Å²) in [5.41, 5.74) is 0. The Morgan fingerprint density at radius 1 is 1.59 bits per heavy atom. The maximum absolute atomic E-state index is 5.99. The molecule has 0 amide bonds. The number of halogens is 2. The van der Waals surface area contributed by atoms with Crippen molar-refractivity contribution in [2.45, 2.75) is 25.9 Å². The predicted octanol–water partition coefficient (Wildman–Crippen LogP) is 4.48. The third kappa shape index (κ3) is 3.85. The summed E-state index contributed by atoms with van der Waals surface area (Å²) in [4.78, 5) is 1.23. The molecule has 0 saturated carbocycles. The largest absolute Gasteiger partial charge is 0.469 e. The van der Waals surface area contributed by atoms with Gasteiger partial charge >= 0.3 is 0 Å². The number of nitrogens with one attached hydrogen (secondary N) is 1. The van der Waals surface area contributed by atoms with Crippen molar-refractivity contribution in [3.8, 4) is 0 Å². The Hall–Kier alpha value is -0.290. The lowest BCUT2D eigenvalue weighted by Gasteiger charge is -2.11. The van der Waals surface area contributed by atoms with Crippen LogP contribution < -0.4 is 5.32 Å². The fraction of sp³-hybridized carbons (Fsp3) is 0.333. The van der Waals surface area contributed by atoms with E-state index in [1.807, 2.05) is 12.1 Å². The van der Waals surface area contributed by atoms with Gasteiger partial charge in [0, 0.05) is 28.4 Å². The van der Waals surface area contributed by atoms with Crippen LogP contribution in [0.25, 0.3) is 0 Å². The first-order valence-corrected chi connectivity index (χ1v) is 7.33. The molecule has 1 N–H and O–H groups in total. The van der Waals surface area contributed by atoms with E-state index in [4.69, 9.17) is 16.0 Å². The van der Waals surface area contributed by atoms with E-state index in [0.717, 1.165) is 27.5 Å². The van der Waals surface area contributed by atoms with Crippen LogP contribution in [0.1, 0.15) is 17.6 Å². The zero-order chi connectivity index (χ0) is 12.3. The Labute approximate surface area is 118 Å². The molecule has 2 aromatic rings. The Morgan fingerprint density at radius 3 is 3.00 bits per heavy atom. The van der Waals surface area contributed by atoms with Gasteiger partial charge in [0.05, 0.1) is 6.26 Å². The topological polar surface area (TPSA) is 25.2 Å². The molecule has 0 fully saturated rings. The van der Waals surface area contributed by atoms with Gasteiger partial charge in [-0.05, 0) is 41.1 Å². The van der Waals surface area contributed by atoms with E-state index < -0.39 is 0 Å². The molecule has 2 heterocycles. The Morgan fingerprint density at radius 2 is 2.41 bits per heavy atom. The Kier molecular flexibility index (Phi) is 4.68. The van der Waals surface area contributed by atoms with Crippen molar-refractivity contribution in [3.63, 3.8) is 0 Å². The number of rotatable bonds is 5. The quantitative estimate of drug-likeness (QED) is 0.872. The van der Waals surface area contributed by atoms with Crippen molar-refractivity contribution in [2.24, 2.45) is 0 Å². The SMILES string of the molecule is CC(Cc1ccco1)NCc1cc(Br)c(Cl)s1. The van der Waals surface area contributed by atoms with Gasteiger partial charge in [0.1, 0.15) is 10.1 Å². The average Bonchev–Trinajstić information content (AvgIpc) is 2.87. The van der Waals surface area contributed by atoms with E-state index in [0.29, 0.717) is 6.04 Å². The van der Waals surface area contributed by atoms with Crippen LogP contribution in [0.2, 0.25) is 4.34 Å². The van der Waals surface area contributed by atoms with Gasteiger partial charge in [-0.15, -0.1) is 11.3 Å². The van der Waals surface area contributed by atoms with Crippen molar-refractivity contribution < 1.29 is 4.42 Å². The van der Waals surface area contributed by atoms with E-state index in [-0.39, 0.29) is 0 Å². The van der Waals surface area contributed by atoms with Crippen LogP contribution >= 0.6 is 38.9 Å². The summed E-state index contributed by atoms with van der Waals surface area (Å²) in [6, 6.07) is 6.34. The van der Waals surface area contributed by atoms with Gasteiger partial charge in [0.2, 0.25) is 0 Å². The van der Waals surface area contributed by atoms with Crippen LogP contribution in [0.5, 0.6) is 0 Å². The molecule has 0 aliphatic rings. The predicted molar refractivity (Wildman–Crippen MR) is 75.7 cm³/mol. The molecule has 2 nitrogen and oxygen atoms in total. The first kappa shape index (κ1) is 13.1. The lowest BCUT2D eigenvalue weighted by atomic mass is 10.2. The minimum Gasteiger partial charge on any atom is -0.469 e. The standard InChI is InChI=1S/C12H13BrClNOS/c1-8(5-9-3-2-4-16-9)15-7-10-6-11(13)12(14)17-10/h2-4,6,8,15H,5,7H2,1H3. The third-order valence-electron chi connectivity index (χ3n) is 2.41. The summed E-state index contributed by atoms with van der Waals surface area (Å²) >= 11 is 11.0. The lowest BCUT2D eigenvalue weighted by Crippen LogP contribution is -2.26. The zero-order valence-electron chi connectivity index (χ0n) is 9.37. The number of hydrogen-bond acceptors (Lipinski definition) is 3. The minimum absolute atomic E-state index is 0.376. The molecular weight excluding hydrogens is 322 g/mol. The summed E-state index contributed by atoms with van der Waals surface area (Å²) in [6.07, 6.45) is 2.60. The van der Waals surface area contributed by atoms with Gasteiger partial charge in [-0.3, -0.25) is 0 Å². The van der Waals surface area contributed by atoms with E-state index >= 15 is 0 Å². The zero-order valence-corrected chi connectivity index (χ0v) is 12.5. The average molecular weight is 335 g/mol. The van der Waals surface area contributed by atoms with E-state index in [1.165, 1.54) is 4.88 Å². The van der Waals surface area contributed by atoms with E-state index in [1.54, 1.807) is 17.6 Å². The molecule has 1 unspecified atom stereocenters. The van der Waals surface area contributed by atoms with E-state index in [9.17, 15) is 0 Å². The first-order chi connectivity index (χ1) is 8.15. The van der Waals surface area contributed by atoms with Crippen LogP contribution in [0.4, 0.5) is 0 Å². The highest BCUT2D eigenvalue weighted by molar-refractivity contribution is 9.10. The first-order valence-electron chi connectivity index (χ1n) is 5.34. The van der Waals surface area contributed by atoms with Crippen molar-refractivity contribution in [1.82, 2.24) is 5.32 Å². The van der Waals surface area contributed by atoms with Gasteiger partial charge < -0.3 is 9.73 Å². The highest BCUT2D eigenvalue weighted by Crippen LogP contribution is 2.31. The second-order valence-electron chi connectivity index (χ2n) is 3.90. The van der Waals surface area contributed by atoms with Gasteiger partial charge in [-0.1, -0.05) is 11.6 Å². The number of furan rings is 1. The minimum atomic E-state index is 0.376. The van der Waals surface area contributed by atoms with Crippen molar-refractivity contribution in [3.05, 3.63) is 43.9 Å². The molecule has 0 saturated heterocycles. The monoisotopic (exact) mass is 333 g/mol. The molecule has 0 aliphatic heterocycles. The fourth-order valence-corrected chi connectivity index (χ4v) is 3.30. The maximum Gasteiger partial charge on any atom is 0.107 e. The van der Waals surface area contributed by atoms with Crippen LogP contribution in [0.15, 0.2) is 33.4 Å². The highest BCUT2D eigenvalue weighted by Gasteiger charge is 2.08. The maximum atomic E-state index is 5.99. The molecular formula is C12H13BrClNOS. The van der Waals surface area contributed by atoms with Crippen molar-refractivity contribution in [2.75, 3.05) is 0 Å². The smallest absolute Gasteiger partial charge is 0.107 e. The Bertz CT molecular complexity index is 449. The summed E-state index contributed by atoms with van der Waals surface area (Å²) in [7, 11) is 0. The van der Waals surface area contributed by atoms with Gasteiger partial charge in [-0.25, -0.2) is 0 Å². The molecule has 17 heavy (non-hydrogen) atoms. The Balaban J connectivity index is 1.81. The highest BCUT2D eigenvalue weighted by atomic mass is 79.9. The molecule has 0 radical (unpaired) electrons. The summed E-state index contributed by atoms with van der Waals surface area (Å²) < 4.78 is 7.09. The second-order valence-corrected chi connectivity index (χ2v) is 6.49.